The van der Waals surface area contributed by atoms with Gasteiger partial charge < -0.3 is 4.74 Å². The third kappa shape index (κ3) is 2.84. The molecule has 2 nitrogen and oxygen atoms in total. The lowest BCUT2D eigenvalue weighted by molar-refractivity contribution is 0.220. The normalized spacial score (nSPS) is 10.5. The van der Waals surface area contributed by atoms with Gasteiger partial charge in [0.25, 0.3) is 5.88 Å². The van der Waals surface area contributed by atoms with Crippen LogP contribution < -0.4 is 4.74 Å². The lowest BCUT2D eigenvalue weighted by atomic mass is 10.3. The van der Waals surface area contributed by atoms with E-state index in [9.17, 15) is 4.39 Å². The second-order valence-corrected chi connectivity index (χ2v) is 3.20. The molecule has 0 N–H and O–H groups in total. The van der Waals surface area contributed by atoms with Gasteiger partial charge in [-0.3, -0.25) is 0 Å². The van der Waals surface area contributed by atoms with Crippen molar-refractivity contribution < 1.29 is 9.13 Å². The zero-order valence-electron chi connectivity index (χ0n) is 7.55. The van der Waals surface area contributed by atoms with Crippen LogP contribution in [0.1, 0.15) is 19.4 Å². The number of ether oxygens (including phenoxy) is 1. The average Bonchev–Trinajstić information content (AvgIpc) is 2.08. The molecule has 0 saturated heterocycles. The Hall–Kier alpha value is -0.830. The topological polar surface area (TPSA) is 22.1 Å². The molecule has 0 radical (unpaired) electrons. The number of halogens is 2. The van der Waals surface area contributed by atoms with Crippen molar-refractivity contribution in [3.8, 4) is 5.88 Å². The van der Waals surface area contributed by atoms with Crippen LogP contribution >= 0.6 is 11.6 Å². The van der Waals surface area contributed by atoms with E-state index in [1.165, 1.54) is 12.3 Å². The highest BCUT2D eigenvalue weighted by Gasteiger charge is 2.07. The quantitative estimate of drug-likeness (QED) is 0.705. The van der Waals surface area contributed by atoms with Gasteiger partial charge in [-0.2, -0.15) is 0 Å². The summed E-state index contributed by atoms with van der Waals surface area (Å²) in [7, 11) is 0. The molecule has 0 atom stereocenters. The summed E-state index contributed by atoms with van der Waals surface area (Å²) in [5.74, 6) is -0.179. The first kappa shape index (κ1) is 10.3. The molecule has 1 rings (SSSR count). The molecule has 13 heavy (non-hydrogen) atoms. The van der Waals surface area contributed by atoms with Crippen LogP contribution in [-0.2, 0) is 5.88 Å². The summed E-state index contributed by atoms with van der Waals surface area (Å²) in [5.41, 5.74) is 0.648. The fraction of sp³-hybridized carbons (Fsp3) is 0.444. The molecule has 0 spiro atoms. The lowest BCUT2D eigenvalue weighted by Gasteiger charge is -2.09. The van der Waals surface area contributed by atoms with Crippen LogP contribution in [0.4, 0.5) is 4.39 Å². The zero-order valence-corrected chi connectivity index (χ0v) is 8.31. The molecule has 1 heterocycles. The second kappa shape index (κ2) is 4.42. The predicted octanol–water partition coefficient (Wildman–Crippen LogP) is 2.75. The van der Waals surface area contributed by atoms with Crippen LogP contribution in [0.3, 0.4) is 0 Å². The first-order chi connectivity index (χ1) is 6.13. The van der Waals surface area contributed by atoms with Crippen molar-refractivity contribution in [3.05, 3.63) is 23.6 Å². The Morgan fingerprint density at radius 1 is 1.62 bits per heavy atom. The van der Waals surface area contributed by atoms with E-state index in [1.807, 2.05) is 13.8 Å². The van der Waals surface area contributed by atoms with E-state index in [4.69, 9.17) is 16.3 Å². The molecule has 0 bridgehead atoms. The Labute approximate surface area is 81.7 Å². The molecule has 0 fully saturated rings. The molecule has 0 saturated carbocycles. The van der Waals surface area contributed by atoms with Gasteiger partial charge in [-0.15, -0.1) is 11.6 Å². The van der Waals surface area contributed by atoms with Gasteiger partial charge >= 0.3 is 0 Å². The van der Waals surface area contributed by atoms with Gasteiger partial charge in [0, 0.05) is 12.1 Å². The van der Waals surface area contributed by atoms with E-state index in [2.05, 4.69) is 4.98 Å². The van der Waals surface area contributed by atoms with E-state index in [-0.39, 0.29) is 17.9 Å². The van der Waals surface area contributed by atoms with Gasteiger partial charge in [-0.1, -0.05) is 0 Å². The molecule has 0 aliphatic rings. The summed E-state index contributed by atoms with van der Waals surface area (Å²) in [4.78, 5) is 3.81. The van der Waals surface area contributed by atoms with Crippen molar-refractivity contribution in [1.29, 1.82) is 0 Å². The Bertz CT molecular complexity index is 291. The minimum absolute atomic E-state index is 0.0314. The van der Waals surface area contributed by atoms with Crippen LogP contribution in [-0.4, -0.2) is 11.1 Å². The summed E-state index contributed by atoms with van der Waals surface area (Å²) in [5, 5.41) is 0. The third-order valence-electron chi connectivity index (χ3n) is 1.37. The first-order valence-corrected chi connectivity index (χ1v) is 4.54. The molecule has 0 aromatic carbocycles. The standard InChI is InChI=1S/C9H11ClFNO/c1-6(2)13-9-8(11)3-7(4-10)5-12-9/h3,5-6H,4H2,1-2H3. The molecule has 72 valence electrons. The SMILES string of the molecule is CC(C)Oc1ncc(CCl)cc1F. The molecule has 0 aliphatic carbocycles. The third-order valence-corrected chi connectivity index (χ3v) is 1.67. The molecule has 1 aromatic rings. The smallest absolute Gasteiger partial charge is 0.250 e. The maximum Gasteiger partial charge on any atom is 0.250 e. The van der Waals surface area contributed by atoms with Crippen LogP contribution in [0.15, 0.2) is 12.3 Å². The maximum absolute atomic E-state index is 13.2. The van der Waals surface area contributed by atoms with E-state index in [0.717, 1.165) is 0 Å². The van der Waals surface area contributed by atoms with E-state index in [0.29, 0.717) is 5.56 Å². The first-order valence-electron chi connectivity index (χ1n) is 4.00. The number of rotatable bonds is 3. The predicted molar refractivity (Wildman–Crippen MR) is 49.5 cm³/mol. The van der Waals surface area contributed by atoms with Crippen molar-refractivity contribution >= 4 is 11.6 Å². The number of alkyl halides is 1. The van der Waals surface area contributed by atoms with E-state index < -0.39 is 5.82 Å². The Morgan fingerprint density at radius 2 is 2.31 bits per heavy atom. The summed E-state index contributed by atoms with van der Waals surface area (Å²) in [6, 6.07) is 1.33. The van der Waals surface area contributed by atoms with Crippen molar-refractivity contribution in [2.45, 2.75) is 25.8 Å². The highest BCUT2D eigenvalue weighted by molar-refractivity contribution is 6.17. The lowest BCUT2D eigenvalue weighted by Crippen LogP contribution is -2.08. The number of pyridine rings is 1. The number of aromatic nitrogens is 1. The van der Waals surface area contributed by atoms with Gasteiger partial charge in [0.05, 0.1) is 6.10 Å². The fourth-order valence-electron chi connectivity index (χ4n) is 0.848. The van der Waals surface area contributed by atoms with Crippen LogP contribution in [0.2, 0.25) is 0 Å². The van der Waals surface area contributed by atoms with Gasteiger partial charge in [0.2, 0.25) is 0 Å². The molecule has 4 heteroatoms. The van der Waals surface area contributed by atoms with Crippen LogP contribution in [0, 0.1) is 5.82 Å². The van der Waals surface area contributed by atoms with Gasteiger partial charge in [0.15, 0.2) is 5.82 Å². The Kier molecular flexibility index (Phi) is 3.48. The molecule has 1 aromatic heterocycles. The molecule has 0 aliphatic heterocycles. The molecule has 0 amide bonds. The maximum atomic E-state index is 13.2. The van der Waals surface area contributed by atoms with Crippen molar-refractivity contribution in [3.63, 3.8) is 0 Å². The molecular formula is C9H11ClFNO. The minimum Gasteiger partial charge on any atom is -0.473 e. The summed E-state index contributed by atoms with van der Waals surface area (Å²) >= 11 is 5.51. The Balaban J connectivity index is 2.85. The van der Waals surface area contributed by atoms with Crippen LogP contribution in [0.25, 0.3) is 0 Å². The minimum atomic E-state index is -0.466. The summed E-state index contributed by atoms with van der Waals surface area (Å²) in [6.45, 7) is 3.63. The van der Waals surface area contributed by atoms with Gasteiger partial charge in [-0.25, -0.2) is 9.37 Å². The molecule has 0 unspecified atom stereocenters. The number of hydrogen-bond donors (Lipinski definition) is 0. The highest BCUT2D eigenvalue weighted by atomic mass is 35.5. The number of hydrogen-bond acceptors (Lipinski definition) is 2. The highest BCUT2D eigenvalue weighted by Crippen LogP contribution is 2.16. The van der Waals surface area contributed by atoms with Crippen molar-refractivity contribution in [2.24, 2.45) is 0 Å². The second-order valence-electron chi connectivity index (χ2n) is 2.93. The largest absolute Gasteiger partial charge is 0.473 e. The van der Waals surface area contributed by atoms with Gasteiger partial charge in [0.1, 0.15) is 0 Å². The van der Waals surface area contributed by atoms with Crippen molar-refractivity contribution in [2.75, 3.05) is 0 Å². The zero-order chi connectivity index (χ0) is 9.84. The Morgan fingerprint density at radius 3 is 2.77 bits per heavy atom. The van der Waals surface area contributed by atoms with Gasteiger partial charge in [-0.05, 0) is 25.5 Å². The monoisotopic (exact) mass is 203 g/mol. The van der Waals surface area contributed by atoms with E-state index >= 15 is 0 Å². The molecular weight excluding hydrogens is 193 g/mol. The average molecular weight is 204 g/mol. The van der Waals surface area contributed by atoms with Crippen LogP contribution in [0.5, 0.6) is 5.88 Å². The number of nitrogens with zero attached hydrogens (tertiary/aromatic N) is 1. The van der Waals surface area contributed by atoms with E-state index in [1.54, 1.807) is 0 Å². The van der Waals surface area contributed by atoms with Crippen molar-refractivity contribution in [1.82, 2.24) is 4.98 Å². The summed E-state index contributed by atoms with van der Waals surface area (Å²) in [6.07, 6.45) is 1.43. The fourth-order valence-corrected chi connectivity index (χ4v) is 0.994. The summed E-state index contributed by atoms with van der Waals surface area (Å²) < 4.78 is 18.3.